The van der Waals surface area contributed by atoms with Crippen molar-refractivity contribution in [1.82, 2.24) is 4.57 Å². The molecule has 1 saturated carbocycles. The van der Waals surface area contributed by atoms with Crippen molar-refractivity contribution in [2.75, 3.05) is 12.8 Å². The quantitative estimate of drug-likeness (QED) is 0.647. The van der Waals surface area contributed by atoms with Crippen molar-refractivity contribution in [3.8, 4) is 0 Å². The second-order valence-corrected chi connectivity index (χ2v) is 5.51. The second-order valence-electron chi connectivity index (χ2n) is 4.43. The molecule has 0 spiro atoms. The van der Waals surface area contributed by atoms with Crippen molar-refractivity contribution in [2.45, 2.75) is 25.3 Å². The number of nitrogens with zero attached hydrogens (tertiary/aromatic N) is 1. The molecule has 0 radical (unpaired) electrons. The molecule has 0 bridgehead atoms. The number of ether oxygens (including phenoxy) is 1. The Morgan fingerprint density at radius 3 is 2.65 bits per heavy atom. The number of carbonyl (C=O) groups is 1. The Morgan fingerprint density at radius 2 is 2.18 bits per heavy atom. The van der Waals surface area contributed by atoms with Crippen molar-refractivity contribution in [2.24, 2.45) is 0 Å². The average molecular weight is 348 g/mol. The maximum atomic E-state index is 12.1. The lowest BCUT2D eigenvalue weighted by Gasteiger charge is -2.16. The molecule has 1 aliphatic rings. The Bertz CT molecular complexity index is 546. The molecule has 0 aliphatic heterocycles. The van der Waals surface area contributed by atoms with E-state index in [1.807, 2.05) is 29.5 Å². The lowest BCUT2D eigenvalue weighted by molar-refractivity contribution is 0.0600. The van der Waals surface area contributed by atoms with Crippen LogP contribution in [0.2, 0.25) is 0 Å². The van der Waals surface area contributed by atoms with Crippen LogP contribution < -0.4 is 11.3 Å². The van der Waals surface area contributed by atoms with Gasteiger partial charge in [0.1, 0.15) is 9.13 Å². The number of esters is 1. The molecule has 1 aliphatic carbocycles. The number of carbonyl (C=O) groups excluding carboxylic acids is 1. The molecule has 92 valence electrons. The third-order valence-electron chi connectivity index (χ3n) is 3.15. The minimum absolute atomic E-state index is 0.143. The van der Waals surface area contributed by atoms with Crippen LogP contribution in [0.5, 0.6) is 0 Å². The number of halogens is 1. The lowest BCUT2D eigenvalue weighted by Crippen LogP contribution is -2.32. The van der Waals surface area contributed by atoms with Gasteiger partial charge in [0, 0.05) is 11.7 Å². The van der Waals surface area contributed by atoms with E-state index in [2.05, 4.69) is 4.74 Å². The highest BCUT2D eigenvalue weighted by molar-refractivity contribution is 14.1. The van der Waals surface area contributed by atoms with Crippen LogP contribution in [0.4, 0.5) is 5.69 Å². The molecular weight excluding hydrogens is 335 g/mol. The van der Waals surface area contributed by atoms with E-state index in [0.29, 0.717) is 3.57 Å². The van der Waals surface area contributed by atoms with Crippen LogP contribution in [0.25, 0.3) is 0 Å². The van der Waals surface area contributed by atoms with E-state index in [1.54, 1.807) is 4.57 Å². The zero-order valence-corrected chi connectivity index (χ0v) is 11.8. The van der Waals surface area contributed by atoms with Gasteiger partial charge in [-0.05, 0) is 42.4 Å². The molecule has 6 heteroatoms. The number of aromatic nitrogens is 1. The van der Waals surface area contributed by atoms with Crippen molar-refractivity contribution in [3.63, 3.8) is 0 Å². The van der Waals surface area contributed by atoms with Gasteiger partial charge in [-0.25, -0.2) is 4.79 Å². The van der Waals surface area contributed by atoms with Gasteiger partial charge in [0.2, 0.25) is 0 Å². The first-order chi connectivity index (χ1) is 7.90. The van der Waals surface area contributed by atoms with E-state index >= 15 is 0 Å². The monoisotopic (exact) mass is 348 g/mol. The van der Waals surface area contributed by atoms with E-state index in [0.717, 1.165) is 12.8 Å². The fraction of sp³-hybridized carbons (Fsp3) is 0.455. The third kappa shape index (κ3) is 1.94. The van der Waals surface area contributed by atoms with Gasteiger partial charge in [0.15, 0.2) is 0 Å². The molecule has 2 rings (SSSR count). The van der Waals surface area contributed by atoms with Crippen LogP contribution in [-0.2, 0) is 10.3 Å². The molecule has 0 amide bonds. The second kappa shape index (κ2) is 4.01. The van der Waals surface area contributed by atoms with Crippen molar-refractivity contribution >= 4 is 34.2 Å². The number of hydrogen-bond donors (Lipinski definition) is 1. The summed E-state index contributed by atoms with van der Waals surface area (Å²) < 4.78 is 6.63. The summed E-state index contributed by atoms with van der Waals surface area (Å²) >= 11 is 1.87. The molecule has 0 saturated heterocycles. The Labute approximate surface area is 112 Å². The molecule has 1 aromatic rings. The van der Waals surface area contributed by atoms with Crippen molar-refractivity contribution in [1.29, 1.82) is 0 Å². The number of pyridine rings is 1. The first-order valence-electron chi connectivity index (χ1n) is 5.20. The molecule has 5 nitrogen and oxygen atoms in total. The molecule has 2 N–H and O–H groups in total. The molecule has 17 heavy (non-hydrogen) atoms. The zero-order valence-electron chi connectivity index (χ0n) is 9.62. The Kier molecular flexibility index (Phi) is 2.92. The van der Waals surface area contributed by atoms with E-state index in [1.165, 1.54) is 13.3 Å². The van der Waals surface area contributed by atoms with Gasteiger partial charge in [-0.2, -0.15) is 0 Å². The number of methoxy groups -OCH3 is 1. The minimum Gasteiger partial charge on any atom is -0.465 e. The fourth-order valence-electron chi connectivity index (χ4n) is 1.69. The van der Waals surface area contributed by atoms with Gasteiger partial charge in [0.25, 0.3) is 5.56 Å². The number of hydrogen-bond acceptors (Lipinski definition) is 4. The number of nitrogens with two attached hydrogens (primary N) is 1. The molecule has 1 aromatic heterocycles. The van der Waals surface area contributed by atoms with Crippen LogP contribution >= 0.6 is 22.6 Å². The van der Waals surface area contributed by atoms with Crippen molar-refractivity contribution in [3.05, 3.63) is 25.7 Å². The largest absolute Gasteiger partial charge is 0.465 e. The highest BCUT2D eigenvalue weighted by Gasteiger charge is 2.41. The van der Waals surface area contributed by atoms with Gasteiger partial charge in [-0.1, -0.05) is 0 Å². The van der Waals surface area contributed by atoms with Crippen LogP contribution in [0.1, 0.15) is 30.1 Å². The summed E-state index contributed by atoms with van der Waals surface area (Å²) in [6, 6.07) is 0. The predicted octanol–water partition coefficient (Wildman–Crippen LogP) is 1.33. The van der Waals surface area contributed by atoms with E-state index in [-0.39, 0.29) is 22.3 Å². The van der Waals surface area contributed by atoms with Gasteiger partial charge in [0.05, 0.1) is 12.8 Å². The Morgan fingerprint density at radius 1 is 1.59 bits per heavy atom. The van der Waals surface area contributed by atoms with E-state index < -0.39 is 5.97 Å². The summed E-state index contributed by atoms with van der Waals surface area (Å²) in [5.74, 6) is -0.515. The summed E-state index contributed by atoms with van der Waals surface area (Å²) in [5.41, 5.74) is 5.91. The maximum absolute atomic E-state index is 12.1. The average Bonchev–Trinajstić information content (AvgIpc) is 3.04. The highest BCUT2D eigenvalue weighted by Crippen LogP contribution is 2.42. The van der Waals surface area contributed by atoms with E-state index in [4.69, 9.17) is 5.73 Å². The summed E-state index contributed by atoms with van der Waals surface area (Å²) in [7, 11) is 1.29. The molecule has 1 fully saturated rings. The maximum Gasteiger partial charge on any atom is 0.341 e. The van der Waals surface area contributed by atoms with Crippen LogP contribution in [-0.4, -0.2) is 17.6 Å². The summed E-state index contributed by atoms with van der Waals surface area (Å²) in [4.78, 5) is 23.6. The van der Waals surface area contributed by atoms with Gasteiger partial charge in [-0.15, -0.1) is 0 Å². The topological polar surface area (TPSA) is 74.3 Å². The van der Waals surface area contributed by atoms with Crippen LogP contribution in [0.15, 0.2) is 11.0 Å². The van der Waals surface area contributed by atoms with Crippen LogP contribution in [0.3, 0.4) is 0 Å². The standard InChI is InChI=1S/C11H13IN2O3/c1-11(3-4-11)14-5-6(10(16)17-2)8(13)7(12)9(14)15/h5H,3-4,13H2,1-2H3. The predicted molar refractivity (Wildman–Crippen MR) is 72.1 cm³/mol. The number of nitrogen functional groups attached to an aromatic ring is 1. The molecular formula is C11H13IN2O3. The Balaban J connectivity index is 2.67. The van der Waals surface area contributed by atoms with Crippen molar-refractivity contribution < 1.29 is 9.53 Å². The summed E-state index contributed by atoms with van der Waals surface area (Å²) in [6.07, 6.45) is 3.39. The minimum atomic E-state index is -0.515. The lowest BCUT2D eigenvalue weighted by atomic mass is 10.2. The third-order valence-corrected chi connectivity index (χ3v) is 4.19. The first-order valence-corrected chi connectivity index (χ1v) is 6.28. The van der Waals surface area contributed by atoms with Gasteiger partial charge in [-0.3, -0.25) is 4.79 Å². The molecule has 1 heterocycles. The van der Waals surface area contributed by atoms with Gasteiger partial charge < -0.3 is 15.0 Å². The Hall–Kier alpha value is -1.05. The smallest absolute Gasteiger partial charge is 0.341 e. The molecule has 0 unspecified atom stereocenters. The molecule has 0 atom stereocenters. The molecule has 0 aromatic carbocycles. The number of rotatable bonds is 2. The zero-order chi connectivity index (χ0) is 12.8. The highest BCUT2D eigenvalue weighted by atomic mass is 127. The van der Waals surface area contributed by atoms with Crippen LogP contribution in [0, 0.1) is 3.57 Å². The SMILES string of the molecule is COC(=O)c1cn(C2(C)CC2)c(=O)c(I)c1N. The van der Waals surface area contributed by atoms with E-state index in [9.17, 15) is 9.59 Å². The summed E-state index contributed by atoms with van der Waals surface area (Å²) in [6.45, 7) is 1.99. The van der Waals surface area contributed by atoms with Gasteiger partial charge >= 0.3 is 5.97 Å². The normalized spacial score (nSPS) is 16.6. The first kappa shape index (κ1) is 12.4. The number of anilines is 1. The fourth-order valence-corrected chi connectivity index (χ4v) is 2.24. The summed E-state index contributed by atoms with van der Waals surface area (Å²) in [5, 5.41) is 0.